The highest BCUT2D eigenvalue weighted by molar-refractivity contribution is 6.03. The molecule has 2 aliphatic rings. The molecule has 2 N–H and O–H groups in total. The number of H-pyrrole nitrogens is 1. The quantitative estimate of drug-likeness (QED) is 0.291. The van der Waals surface area contributed by atoms with E-state index in [2.05, 4.69) is 10.3 Å². The number of carbonyl (C=O) groups excluding carboxylic acids is 2. The SMILES string of the molecule is COc1ccc(C(C(=O)NC2CCCCC2)N(C(=O)Cc2c[nH]c3ccccc23)c2ccc3c(c2)OCCO3)cc1. The molecule has 8 nitrogen and oxygen atoms in total. The average molecular weight is 554 g/mol. The summed E-state index contributed by atoms with van der Waals surface area (Å²) in [6, 6.07) is 19.9. The van der Waals surface area contributed by atoms with Crippen molar-refractivity contribution in [3.63, 3.8) is 0 Å². The highest BCUT2D eigenvalue weighted by atomic mass is 16.6. The van der Waals surface area contributed by atoms with Crippen molar-refractivity contribution in [1.82, 2.24) is 10.3 Å². The van der Waals surface area contributed by atoms with E-state index in [0.717, 1.165) is 42.1 Å². The molecule has 41 heavy (non-hydrogen) atoms. The fraction of sp³-hybridized carbons (Fsp3) is 0.333. The molecule has 2 amide bonds. The first kappa shape index (κ1) is 26.7. The lowest BCUT2D eigenvalue weighted by Gasteiger charge is -2.34. The Kier molecular flexibility index (Phi) is 7.80. The minimum Gasteiger partial charge on any atom is -0.497 e. The monoisotopic (exact) mass is 553 g/mol. The van der Waals surface area contributed by atoms with Gasteiger partial charge in [0.1, 0.15) is 25.0 Å². The number of hydrogen-bond donors (Lipinski definition) is 2. The van der Waals surface area contributed by atoms with Gasteiger partial charge in [-0.25, -0.2) is 0 Å². The van der Waals surface area contributed by atoms with Crippen molar-refractivity contribution in [3.8, 4) is 17.2 Å². The second-order valence-electron chi connectivity index (χ2n) is 10.6. The van der Waals surface area contributed by atoms with E-state index in [-0.39, 0.29) is 24.3 Å². The number of nitrogens with one attached hydrogen (secondary N) is 2. The number of ether oxygens (including phenoxy) is 3. The van der Waals surface area contributed by atoms with Crippen LogP contribution in [0.2, 0.25) is 0 Å². The average Bonchev–Trinajstić information content (AvgIpc) is 3.42. The van der Waals surface area contributed by atoms with Crippen molar-refractivity contribution in [2.45, 2.75) is 50.6 Å². The van der Waals surface area contributed by atoms with Crippen LogP contribution >= 0.6 is 0 Å². The van der Waals surface area contributed by atoms with Crippen LogP contribution < -0.4 is 24.4 Å². The summed E-state index contributed by atoms with van der Waals surface area (Å²) in [7, 11) is 1.61. The normalized spacial score (nSPS) is 15.7. The molecule has 1 fully saturated rings. The van der Waals surface area contributed by atoms with Crippen molar-refractivity contribution in [2.24, 2.45) is 0 Å². The molecule has 0 spiro atoms. The first-order valence-electron chi connectivity index (χ1n) is 14.3. The van der Waals surface area contributed by atoms with Crippen LogP contribution in [0.1, 0.15) is 49.3 Å². The van der Waals surface area contributed by atoms with Crippen molar-refractivity contribution in [2.75, 3.05) is 25.2 Å². The number of amides is 2. The fourth-order valence-electron chi connectivity index (χ4n) is 5.88. The lowest BCUT2D eigenvalue weighted by atomic mass is 9.94. The molecular weight excluding hydrogens is 518 g/mol. The molecule has 212 valence electrons. The van der Waals surface area contributed by atoms with Gasteiger partial charge in [0, 0.05) is 34.9 Å². The molecule has 1 unspecified atom stereocenters. The minimum atomic E-state index is -0.900. The van der Waals surface area contributed by atoms with E-state index in [1.807, 2.05) is 60.8 Å². The molecule has 1 saturated carbocycles. The topological polar surface area (TPSA) is 92.9 Å². The number of benzene rings is 3. The van der Waals surface area contributed by atoms with Gasteiger partial charge in [0.15, 0.2) is 11.5 Å². The summed E-state index contributed by atoms with van der Waals surface area (Å²) < 4.78 is 17.0. The maximum absolute atomic E-state index is 14.4. The second kappa shape index (κ2) is 12.0. The summed E-state index contributed by atoms with van der Waals surface area (Å²) in [6.45, 7) is 0.887. The van der Waals surface area contributed by atoms with Gasteiger partial charge in [-0.2, -0.15) is 0 Å². The second-order valence-corrected chi connectivity index (χ2v) is 10.6. The zero-order chi connectivity index (χ0) is 28.2. The van der Waals surface area contributed by atoms with Crippen LogP contribution in [0.3, 0.4) is 0 Å². The zero-order valence-corrected chi connectivity index (χ0v) is 23.2. The molecule has 8 heteroatoms. The molecule has 1 aliphatic heterocycles. The third-order valence-corrected chi connectivity index (χ3v) is 7.98. The molecule has 0 radical (unpaired) electrons. The van der Waals surface area contributed by atoms with E-state index in [4.69, 9.17) is 14.2 Å². The van der Waals surface area contributed by atoms with Gasteiger partial charge in [-0.1, -0.05) is 49.6 Å². The van der Waals surface area contributed by atoms with Crippen LogP contribution in [0.4, 0.5) is 5.69 Å². The Bertz CT molecular complexity index is 1520. The predicted octanol–water partition coefficient (Wildman–Crippen LogP) is 5.71. The molecule has 0 bridgehead atoms. The highest BCUT2D eigenvalue weighted by Gasteiger charge is 2.35. The lowest BCUT2D eigenvalue weighted by molar-refractivity contribution is -0.127. The maximum atomic E-state index is 14.4. The summed E-state index contributed by atoms with van der Waals surface area (Å²) in [6.07, 6.45) is 7.22. The van der Waals surface area contributed by atoms with E-state index in [1.165, 1.54) is 6.42 Å². The van der Waals surface area contributed by atoms with Crippen LogP contribution in [-0.4, -0.2) is 43.2 Å². The van der Waals surface area contributed by atoms with Gasteiger partial charge in [0.05, 0.1) is 13.5 Å². The number of methoxy groups -OCH3 is 1. The number of anilines is 1. The summed E-state index contributed by atoms with van der Waals surface area (Å²) >= 11 is 0. The maximum Gasteiger partial charge on any atom is 0.248 e. The number of hydrogen-bond acceptors (Lipinski definition) is 5. The summed E-state index contributed by atoms with van der Waals surface area (Å²) in [5, 5.41) is 4.26. The van der Waals surface area contributed by atoms with E-state index in [9.17, 15) is 9.59 Å². The van der Waals surface area contributed by atoms with Gasteiger partial charge in [-0.05, 0) is 54.3 Å². The lowest BCUT2D eigenvalue weighted by Crippen LogP contribution is -2.47. The standard InChI is InChI=1S/C33H35N3O5/c1-39-26-14-11-22(12-15-26)32(33(38)35-24-7-3-2-4-8-24)36(25-13-16-29-30(20-25)41-18-17-40-29)31(37)19-23-21-34-28-10-6-5-9-27(23)28/h5-6,9-16,20-21,24,32,34H,2-4,7-8,17-19H2,1H3,(H,35,38). The van der Waals surface area contributed by atoms with Crippen molar-refractivity contribution in [1.29, 1.82) is 0 Å². The Morgan fingerprint density at radius 3 is 2.51 bits per heavy atom. The molecular formula is C33H35N3O5. The number of para-hydroxylation sites is 1. The van der Waals surface area contributed by atoms with Crippen molar-refractivity contribution < 1.29 is 23.8 Å². The van der Waals surface area contributed by atoms with E-state index in [0.29, 0.717) is 41.7 Å². The Hall–Kier alpha value is -4.46. The third-order valence-electron chi connectivity index (χ3n) is 7.98. The molecule has 3 aromatic carbocycles. The van der Waals surface area contributed by atoms with E-state index < -0.39 is 6.04 Å². The van der Waals surface area contributed by atoms with Gasteiger partial charge in [-0.3, -0.25) is 14.5 Å². The van der Waals surface area contributed by atoms with Crippen molar-refractivity contribution in [3.05, 3.63) is 84.1 Å². The van der Waals surface area contributed by atoms with Gasteiger partial charge in [-0.15, -0.1) is 0 Å². The number of aromatic amines is 1. The van der Waals surface area contributed by atoms with Crippen LogP contribution in [0.5, 0.6) is 17.2 Å². The van der Waals surface area contributed by atoms with Crippen LogP contribution in [0.15, 0.2) is 72.9 Å². The Balaban J connectivity index is 1.43. The predicted molar refractivity (Wildman–Crippen MR) is 158 cm³/mol. The molecule has 1 aromatic heterocycles. The Morgan fingerprint density at radius 1 is 0.976 bits per heavy atom. The molecule has 4 aromatic rings. The number of rotatable bonds is 8. The fourth-order valence-corrected chi connectivity index (χ4v) is 5.88. The van der Waals surface area contributed by atoms with Gasteiger partial charge >= 0.3 is 0 Å². The smallest absolute Gasteiger partial charge is 0.248 e. The zero-order valence-electron chi connectivity index (χ0n) is 23.2. The minimum absolute atomic E-state index is 0.0860. The van der Waals surface area contributed by atoms with Crippen LogP contribution in [-0.2, 0) is 16.0 Å². The van der Waals surface area contributed by atoms with Crippen LogP contribution in [0, 0.1) is 0 Å². The van der Waals surface area contributed by atoms with Crippen LogP contribution in [0.25, 0.3) is 10.9 Å². The molecule has 2 heterocycles. The number of carbonyl (C=O) groups is 2. The van der Waals surface area contributed by atoms with E-state index >= 15 is 0 Å². The molecule has 6 rings (SSSR count). The largest absolute Gasteiger partial charge is 0.497 e. The summed E-state index contributed by atoms with van der Waals surface area (Å²) in [4.78, 5) is 33.5. The van der Waals surface area contributed by atoms with E-state index in [1.54, 1.807) is 24.1 Å². The first-order chi connectivity index (χ1) is 20.1. The third kappa shape index (κ3) is 5.73. The summed E-state index contributed by atoms with van der Waals surface area (Å²) in [5.74, 6) is 1.45. The number of fused-ring (bicyclic) bond motifs is 2. The van der Waals surface area contributed by atoms with Crippen molar-refractivity contribution >= 4 is 28.4 Å². The molecule has 1 atom stereocenters. The summed E-state index contributed by atoms with van der Waals surface area (Å²) in [5.41, 5.74) is 3.09. The number of aromatic nitrogens is 1. The molecule has 1 aliphatic carbocycles. The first-order valence-corrected chi connectivity index (χ1v) is 14.3. The molecule has 0 saturated heterocycles. The Morgan fingerprint density at radius 2 is 1.73 bits per heavy atom. The van der Waals surface area contributed by atoms with Gasteiger partial charge < -0.3 is 24.5 Å². The van der Waals surface area contributed by atoms with Gasteiger partial charge in [0.25, 0.3) is 0 Å². The number of nitrogens with zero attached hydrogens (tertiary/aromatic N) is 1. The highest BCUT2D eigenvalue weighted by Crippen LogP contribution is 2.38. The van der Waals surface area contributed by atoms with Gasteiger partial charge in [0.2, 0.25) is 11.8 Å². The Labute approximate surface area is 239 Å².